The molecule has 3 heterocycles. The fraction of sp³-hybridized carbons (Fsp3) is 0.355. The van der Waals surface area contributed by atoms with Gasteiger partial charge in [0.05, 0.1) is 24.8 Å². The average molecular weight is 515 g/mol. The van der Waals surface area contributed by atoms with Crippen molar-refractivity contribution in [2.24, 2.45) is 5.92 Å². The summed E-state index contributed by atoms with van der Waals surface area (Å²) in [6, 6.07) is 26.1. The molecule has 6 rings (SSSR count). The Morgan fingerprint density at radius 1 is 0.868 bits per heavy atom. The number of nitrogens with zero attached hydrogens (tertiary/aromatic N) is 1. The van der Waals surface area contributed by atoms with E-state index in [4.69, 9.17) is 14.2 Å². The second-order valence-electron chi connectivity index (χ2n) is 9.85. The molecule has 1 N–H and O–H groups in total. The van der Waals surface area contributed by atoms with Gasteiger partial charge in [-0.25, -0.2) is 9.59 Å². The predicted octanol–water partition coefficient (Wildman–Crippen LogP) is 5.22. The number of benzene rings is 3. The van der Waals surface area contributed by atoms with Crippen molar-refractivity contribution in [3.63, 3.8) is 0 Å². The molecule has 1 amide bonds. The molecule has 7 nitrogen and oxygen atoms in total. The second-order valence-corrected chi connectivity index (χ2v) is 9.85. The smallest absolute Gasteiger partial charge is 0.408 e. The molecule has 0 aliphatic carbocycles. The second kappa shape index (κ2) is 12.6. The first-order valence-electron chi connectivity index (χ1n) is 13.3. The van der Waals surface area contributed by atoms with Crippen LogP contribution in [0.4, 0.5) is 4.79 Å². The lowest BCUT2D eigenvalue weighted by Gasteiger charge is -2.43. The van der Waals surface area contributed by atoms with E-state index >= 15 is 0 Å². The van der Waals surface area contributed by atoms with Crippen molar-refractivity contribution >= 4 is 12.1 Å². The maximum atomic E-state index is 13.0. The molecule has 198 valence electrons. The number of esters is 1. The van der Waals surface area contributed by atoms with Crippen molar-refractivity contribution in [1.29, 1.82) is 0 Å². The van der Waals surface area contributed by atoms with Gasteiger partial charge in [0.1, 0.15) is 11.9 Å². The number of alkyl carbamates (subject to hydrolysis) is 1. The maximum absolute atomic E-state index is 13.0. The van der Waals surface area contributed by atoms with Crippen molar-refractivity contribution in [1.82, 2.24) is 10.2 Å². The molecule has 3 aliphatic heterocycles. The Morgan fingerprint density at radius 2 is 1.58 bits per heavy atom. The van der Waals surface area contributed by atoms with Gasteiger partial charge in [-0.3, -0.25) is 4.90 Å². The normalized spacial score (nSPS) is 20.8. The molecular formula is C31H34N2O5. The molecule has 3 fully saturated rings. The van der Waals surface area contributed by atoms with E-state index in [0.29, 0.717) is 30.3 Å². The number of piperidine rings is 3. The van der Waals surface area contributed by atoms with E-state index in [-0.39, 0.29) is 24.7 Å². The number of carbonyl (C=O) groups excluding carboxylic acids is 2. The summed E-state index contributed by atoms with van der Waals surface area (Å²) in [5.74, 6) is 0.796. The van der Waals surface area contributed by atoms with Gasteiger partial charge in [0.15, 0.2) is 0 Å². The molecule has 0 spiro atoms. The van der Waals surface area contributed by atoms with Crippen LogP contribution in [-0.2, 0) is 9.47 Å². The molecular weight excluding hydrogens is 480 g/mol. The number of rotatable bonds is 10. The lowest BCUT2D eigenvalue weighted by molar-refractivity contribution is -0.0336. The summed E-state index contributed by atoms with van der Waals surface area (Å²) in [5, 5.41) is 3.10. The first kappa shape index (κ1) is 25.8. The van der Waals surface area contributed by atoms with E-state index in [1.54, 1.807) is 12.1 Å². The molecule has 3 saturated heterocycles. The SMILES string of the molecule is O=C(NC(c1ccccc1)c1cccc(OCCCOC(=O)c2ccccc2)c1)OC1CN2CCC1CC2. The van der Waals surface area contributed by atoms with Gasteiger partial charge in [-0.15, -0.1) is 0 Å². The van der Waals surface area contributed by atoms with Crippen LogP contribution in [0.25, 0.3) is 0 Å². The Labute approximate surface area is 223 Å². The summed E-state index contributed by atoms with van der Waals surface area (Å²) in [5.41, 5.74) is 2.39. The molecule has 7 heteroatoms. The van der Waals surface area contributed by atoms with Crippen molar-refractivity contribution in [3.8, 4) is 5.75 Å². The van der Waals surface area contributed by atoms with Crippen molar-refractivity contribution in [3.05, 3.63) is 102 Å². The fourth-order valence-corrected chi connectivity index (χ4v) is 5.19. The van der Waals surface area contributed by atoms with Crippen molar-refractivity contribution in [2.75, 3.05) is 32.8 Å². The largest absolute Gasteiger partial charge is 0.493 e. The number of nitrogens with one attached hydrogen (secondary N) is 1. The predicted molar refractivity (Wildman–Crippen MR) is 144 cm³/mol. The summed E-state index contributed by atoms with van der Waals surface area (Å²) >= 11 is 0. The lowest BCUT2D eigenvalue weighted by atomic mass is 9.86. The fourth-order valence-electron chi connectivity index (χ4n) is 5.19. The quantitative estimate of drug-likeness (QED) is 0.295. The molecule has 3 aliphatic rings. The van der Waals surface area contributed by atoms with Crippen LogP contribution in [0, 0.1) is 5.92 Å². The van der Waals surface area contributed by atoms with Crippen LogP contribution in [0.1, 0.15) is 46.8 Å². The third-order valence-corrected chi connectivity index (χ3v) is 7.24. The van der Waals surface area contributed by atoms with E-state index in [9.17, 15) is 9.59 Å². The number of carbonyl (C=O) groups is 2. The molecule has 0 saturated carbocycles. The summed E-state index contributed by atoms with van der Waals surface area (Å²) in [6.45, 7) is 3.68. The molecule has 0 radical (unpaired) electrons. The average Bonchev–Trinajstić information content (AvgIpc) is 2.97. The summed E-state index contributed by atoms with van der Waals surface area (Å²) < 4.78 is 17.2. The Morgan fingerprint density at radius 3 is 2.29 bits per heavy atom. The molecule has 2 atom stereocenters. The first-order chi connectivity index (χ1) is 18.7. The Balaban J connectivity index is 1.17. The van der Waals surface area contributed by atoms with E-state index in [1.165, 1.54) is 0 Å². The topological polar surface area (TPSA) is 77.1 Å². The number of hydrogen-bond donors (Lipinski definition) is 1. The highest BCUT2D eigenvalue weighted by Crippen LogP contribution is 2.30. The number of amides is 1. The van der Waals surface area contributed by atoms with Gasteiger partial charge in [-0.05, 0) is 67.2 Å². The summed E-state index contributed by atoms with van der Waals surface area (Å²) in [7, 11) is 0. The zero-order chi connectivity index (χ0) is 26.2. The summed E-state index contributed by atoms with van der Waals surface area (Å²) in [6.07, 6.45) is 2.29. The van der Waals surface area contributed by atoms with Gasteiger partial charge in [0, 0.05) is 13.0 Å². The van der Waals surface area contributed by atoms with E-state index < -0.39 is 6.09 Å². The number of fused-ring (bicyclic) bond motifs is 3. The van der Waals surface area contributed by atoms with Crippen LogP contribution >= 0.6 is 0 Å². The summed E-state index contributed by atoms with van der Waals surface area (Å²) in [4.78, 5) is 27.5. The Bertz CT molecular complexity index is 1200. The van der Waals surface area contributed by atoms with Crippen LogP contribution in [0.2, 0.25) is 0 Å². The van der Waals surface area contributed by atoms with Gasteiger partial charge >= 0.3 is 12.1 Å². The van der Waals surface area contributed by atoms with Gasteiger partial charge in [-0.2, -0.15) is 0 Å². The highest BCUT2D eigenvalue weighted by Gasteiger charge is 2.36. The Hall–Kier alpha value is -3.84. The molecule has 0 aromatic heterocycles. The van der Waals surface area contributed by atoms with Crippen LogP contribution in [0.15, 0.2) is 84.9 Å². The van der Waals surface area contributed by atoms with Crippen LogP contribution < -0.4 is 10.1 Å². The van der Waals surface area contributed by atoms with E-state index in [1.807, 2.05) is 72.8 Å². The molecule has 2 unspecified atom stereocenters. The first-order valence-corrected chi connectivity index (χ1v) is 13.3. The van der Waals surface area contributed by atoms with Crippen LogP contribution in [0.5, 0.6) is 5.75 Å². The molecule has 38 heavy (non-hydrogen) atoms. The minimum atomic E-state index is -0.399. The molecule has 3 aromatic rings. The van der Waals surface area contributed by atoms with E-state index in [0.717, 1.165) is 43.6 Å². The zero-order valence-corrected chi connectivity index (χ0v) is 21.5. The third kappa shape index (κ3) is 6.72. The molecule has 2 bridgehead atoms. The van der Waals surface area contributed by atoms with Gasteiger partial charge in [-0.1, -0.05) is 60.7 Å². The zero-order valence-electron chi connectivity index (χ0n) is 21.5. The maximum Gasteiger partial charge on any atom is 0.408 e. The Kier molecular flexibility index (Phi) is 8.56. The standard InChI is InChI=1S/C31H34N2O5/c34-30(25-11-5-2-6-12-25)37-20-8-19-36-27-14-7-13-26(21-27)29(24-9-3-1-4-10-24)32-31(35)38-28-22-33-17-15-23(28)16-18-33/h1-7,9-14,21,23,28-29H,8,15-20,22H2,(H,32,35). The highest BCUT2D eigenvalue weighted by molar-refractivity contribution is 5.89. The number of hydrogen-bond acceptors (Lipinski definition) is 6. The van der Waals surface area contributed by atoms with Gasteiger partial charge in [0.2, 0.25) is 0 Å². The monoisotopic (exact) mass is 514 g/mol. The highest BCUT2D eigenvalue weighted by atomic mass is 16.6. The van der Waals surface area contributed by atoms with Crippen molar-refractivity contribution in [2.45, 2.75) is 31.4 Å². The third-order valence-electron chi connectivity index (χ3n) is 7.24. The number of ether oxygens (including phenoxy) is 3. The van der Waals surface area contributed by atoms with Crippen LogP contribution in [0.3, 0.4) is 0 Å². The van der Waals surface area contributed by atoms with Gasteiger partial charge < -0.3 is 19.5 Å². The van der Waals surface area contributed by atoms with E-state index in [2.05, 4.69) is 10.2 Å². The minimum absolute atomic E-state index is 0.0559. The van der Waals surface area contributed by atoms with Crippen molar-refractivity contribution < 1.29 is 23.8 Å². The minimum Gasteiger partial charge on any atom is -0.493 e. The molecule has 3 aromatic carbocycles. The van der Waals surface area contributed by atoms with Gasteiger partial charge in [0.25, 0.3) is 0 Å². The lowest BCUT2D eigenvalue weighted by Crippen LogP contribution is -2.52. The van der Waals surface area contributed by atoms with Crippen LogP contribution in [-0.4, -0.2) is 55.9 Å².